The Bertz CT molecular complexity index is 219. The van der Waals surface area contributed by atoms with Crippen molar-refractivity contribution in [1.29, 1.82) is 0 Å². The molecule has 0 amide bonds. The Labute approximate surface area is 84.1 Å². The molecule has 1 heterocycles. The maximum atomic E-state index is 10.8. The van der Waals surface area contributed by atoms with Gasteiger partial charge in [0, 0.05) is 5.92 Å². The van der Waals surface area contributed by atoms with E-state index in [-0.39, 0.29) is 11.5 Å². The van der Waals surface area contributed by atoms with E-state index in [1.807, 2.05) is 0 Å². The first-order chi connectivity index (χ1) is 5.96. The highest BCUT2D eigenvalue weighted by molar-refractivity contribution is 8.03. The molecule has 1 aliphatic heterocycles. The summed E-state index contributed by atoms with van der Waals surface area (Å²) in [6.45, 7) is 10.2. The van der Waals surface area contributed by atoms with Crippen molar-refractivity contribution >= 4 is 11.8 Å². The van der Waals surface area contributed by atoms with Gasteiger partial charge < -0.3 is 0 Å². The van der Waals surface area contributed by atoms with Crippen LogP contribution in [0.4, 0.5) is 0 Å². The zero-order valence-electron chi connectivity index (χ0n) is 8.54. The van der Waals surface area contributed by atoms with Crippen molar-refractivity contribution in [3.63, 3.8) is 0 Å². The molecule has 2 nitrogen and oxygen atoms in total. The van der Waals surface area contributed by atoms with E-state index in [9.17, 15) is 4.91 Å². The van der Waals surface area contributed by atoms with Gasteiger partial charge in [-0.1, -0.05) is 32.5 Å². The highest BCUT2D eigenvalue weighted by atomic mass is 32.2. The molecule has 1 saturated heterocycles. The molecule has 0 bridgehead atoms. The van der Waals surface area contributed by atoms with Gasteiger partial charge in [-0.25, -0.2) is 0 Å². The summed E-state index contributed by atoms with van der Waals surface area (Å²) in [6, 6.07) is -0.116. The van der Waals surface area contributed by atoms with Crippen LogP contribution in [0.2, 0.25) is 0 Å². The Balaban J connectivity index is 2.77. The molecule has 0 spiro atoms. The summed E-state index contributed by atoms with van der Waals surface area (Å²) in [7, 11) is 0. The maximum Gasteiger partial charge on any atom is 0.104 e. The minimum absolute atomic E-state index is 0.0414. The van der Waals surface area contributed by atoms with Crippen molar-refractivity contribution in [3.8, 4) is 0 Å². The summed E-state index contributed by atoms with van der Waals surface area (Å²) >= 11 is 1.77. The molecule has 0 N–H and O–H groups in total. The molecular weight excluding hydrogens is 182 g/mol. The molecule has 1 fully saturated rings. The fraction of sp³-hybridized carbons (Fsp3) is 0.800. The maximum absolute atomic E-state index is 10.8. The third-order valence-corrected chi connectivity index (χ3v) is 3.63. The van der Waals surface area contributed by atoms with Gasteiger partial charge >= 0.3 is 0 Å². The van der Waals surface area contributed by atoms with Crippen molar-refractivity contribution < 1.29 is 0 Å². The van der Waals surface area contributed by atoms with E-state index in [0.717, 1.165) is 17.1 Å². The molecule has 0 aromatic heterocycles. The predicted molar refractivity (Wildman–Crippen MR) is 58.7 cm³/mol. The second-order valence-electron chi connectivity index (χ2n) is 4.63. The monoisotopic (exact) mass is 199 g/mol. The van der Waals surface area contributed by atoms with Crippen LogP contribution in [0.15, 0.2) is 16.7 Å². The van der Waals surface area contributed by atoms with E-state index < -0.39 is 0 Å². The van der Waals surface area contributed by atoms with Crippen LogP contribution in [0.5, 0.6) is 0 Å². The molecule has 1 aliphatic rings. The Morgan fingerprint density at radius 1 is 1.62 bits per heavy atom. The van der Waals surface area contributed by atoms with E-state index >= 15 is 0 Å². The molecule has 74 valence electrons. The molecule has 0 aromatic rings. The van der Waals surface area contributed by atoms with Crippen LogP contribution in [0.1, 0.15) is 27.2 Å². The molecular formula is C10H17NOS. The molecule has 2 atom stereocenters. The number of hydrogen-bond acceptors (Lipinski definition) is 3. The number of hydrogen-bond donors (Lipinski definition) is 0. The first-order valence-corrected chi connectivity index (χ1v) is 5.59. The predicted octanol–water partition coefficient (Wildman–Crippen LogP) is 3.43. The zero-order chi connectivity index (χ0) is 10.1. The van der Waals surface area contributed by atoms with Gasteiger partial charge in [-0.15, -0.1) is 11.8 Å². The van der Waals surface area contributed by atoms with Gasteiger partial charge in [0.25, 0.3) is 0 Å². The average Bonchev–Trinajstić information content (AvgIpc) is 2.35. The van der Waals surface area contributed by atoms with Crippen LogP contribution in [0, 0.1) is 16.2 Å². The number of rotatable bonds is 2. The number of nitrogens with zero attached hydrogens (tertiary/aromatic N) is 1. The van der Waals surface area contributed by atoms with Crippen molar-refractivity contribution in [1.82, 2.24) is 0 Å². The minimum Gasteiger partial charge on any atom is -0.150 e. The van der Waals surface area contributed by atoms with Crippen molar-refractivity contribution in [2.45, 2.75) is 33.2 Å². The lowest BCUT2D eigenvalue weighted by molar-refractivity contribution is 0.264. The van der Waals surface area contributed by atoms with Crippen LogP contribution in [0.25, 0.3) is 0 Å². The van der Waals surface area contributed by atoms with E-state index in [1.54, 1.807) is 11.8 Å². The van der Waals surface area contributed by atoms with Crippen LogP contribution < -0.4 is 0 Å². The lowest BCUT2D eigenvalue weighted by Crippen LogP contribution is -2.31. The Morgan fingerprint density at radius 2 is 2.23 bits per heavy atom. The summed E-state index contributed by atoms with van der Waals surface area (Å²) in [5.41, 5.74) is -0.0414. The van der Waals surface area contributed by atoms with Gasteiger partial charge in [-0.2, -0.15) is 4.91 Å². The van der Waals surface area contributed by atoms with Gasteiger partial charge in [0.05, 0.1) is 0 Å². The van der Waals surface area contributed by atoms with Gasteiger partial charge in [-0.05, 0) is 22.5 Å². The topological polar surface area (TPSA) is 29.4 Å². The molecule has 0 aliphatic carbocycles. The standard InChI is InChI=1S/C10H17NOS/c1-7-8(5-6-13-7)9(11-12)10(2,3)4/h8-9H,1,5-6H2,2-4H3. The van der Waals surface area contributed by atoms with E-state index in [2.05, 4.69) is 32.5 Å². The Kier molecular flexibility index (Phi) is 3.17. The third-order valence-electron chi connectivity index (χ3n) is 2.51. The fourth-order valence-electron chi connectivity index (χ4n) is 1.75. The number of nitroso groups, excluding NO2 is 1. The SMILES string of the molecule is C=C1SCCC1C(N=O)C(C)(C)C. The van der Waals surface area contributed by atoms with E-state index in [0.29, 0.717) is 5.92 Å². The minimum atomic E-state index is -0.116. The third kappa shape index (κ3) is 2.33. The Morgan fingerprint density at radius 3 is 2.54 bits per heavy atom. The van der Waals surface area contributed by atoms with E-state index in [4.69, 9.17) is 0 Å². The van der Waals surface area contributed by atoms with Gasteiger partial charge in [0.2, 0.25) is 0 Å². The largest absolute Gasteiger partial charge is 0.150 e. The summed E-state index contributed by atoms with van der Waals surface area (Å²) in [4.78, 5) is 11.9. The summed E-state index contributed by atoms with van der Waals surface area (Å²) < 4.78 is 0. The highest BCUT2D eigenvalue weighted by Crippen LogP contribution is 2.43. The molecule has 1 rings (SSSR count). The lowest BCUT2D eigenvalue weighted by Gasteiger charge is -2.29. The van der Waals surface area contributed by atoms with Crippen LogP contribution in [0.3, 0.4) is 0 Å². The van der Waals surface area contributed by atoms with Crippen LogP contribution in [-0.2, 0) is 0 Å². The lowest BCUT2D eigenvalue weighted by atomic mass is 9.78. The average molecular weight is 199 g/mol. The first kappa shape index (κ1) is 10.8. The summed E-state index contributed by atoms with van der Waals surface area (Å²) in [5, 5.41) is 3.27. The molecule has 13 heavy (non-hydrogen) atoms. The quantitative estimate of drug-likeness (QED) is 0.638. The summed E-state index contributed by atoms with van der Waals surface area (Å²) in [5.74, 6) is 1.38. The van der Waals surface area contributed by atoms with Gasteiger partial charge in [-0.3, -0.25) is 0 Å². The smallest absolute Gasteiger partial charge is 0.104 e. The second kappa shape index (κ2) is 3.82. The van der Waals surface area contributed by atoms with Gasteiger partial charge in [0.15, 0.2) is 0 Å². The van der Waals surface area contributed by atoms with E-state index in [1.165, 1.54) is 0 Å². The molecule has 2 unspecified atom stereocenters. The summed E-state index contributed by atoms with van der Waals surface area (Å²) in [6.07, 6.45) is 1.05. The molecule has 0 radical (unpaired) electrons. The number of thioether (sulfide) groups is 1. The first-order valence-electron chi connectivity index (χ1n) is 4.61. The molecule has 3 heteroatoms. The zero-order valence-corrected chi connectivity index (χ0v) is 9.36. The molecule has 0 saturated carbocycles. The van der Waals surface area contributed by atoms with Crippen molar-refractivity contribution in [3.05, 3.63) is 16.4 Å². The Hall–Kier alpha value is -0.310. The van der Waals surface area contributed by atoms with Gasteiger partial charge in [0.1, 0.15) is 6.04 Å². The van der Waals surface area contributed by atoms with Crippen LogP contribution >= 0.6 is 11.8 Å². The second-order valence-corrected chi connectivity index (χ2v) is 5.85. The van der Waals surface area contributed by atoms with Crippen molar-refractivity contribution in [2.24, 2.45) is 16.5 Å². The van der Waals surface area contributed by atoms with Crippen molar-refractivity contribution in [2.75, 3.05) is 5.75 Å². The molecule has 0 aromatic carbocycles. The highest BCUT2D eigenvalue weighted by Gasteiger charge is 2.37. The fourth-order valence-corrected chi connectivity index (χ4v) is 2.85. The van der Waals surface area contributed by atoms with Crippen LogP contribution in [-0.4, -0.2) is 11.8 Å². The normalized spacial score (nSPS) is 26.1.